The Hall–Kier alpha value is -2.15. The van der Waals surface area contributed by atoms with Gasteiger partial charge >= 0.3 is 0 Å². The van der Waals surface area contributed by atoms with Gasteiger partial charge in [-0.1, -0.05) is 5.21 Å². The standard InChI is InChI=1S/C12H15N5O2/c1-16(7-10-3-2-4-19-10)12(18)11-8-17(15-14-11)9-5-13-6-9/h2-4,8-9,13H,5-7H2,1H3. The van der Waals surface area contributed by atoms with Gasteiger partial charge in [-0.15, -0.1) is 5.10 Å². The summed E-state index contributed by atoms with van der Waals surface area (Å²) in [7, 11) is 1.72. The van der Waals surface area contributed by atoms with Gasteiger partial charge in [-0.05, 0) is 12.1 Å². The molecule has 1 fully saturated rings. The number of hydrogen-bond donors (Lipinski definition) is 1. The van der Waals surface area contributed by atoms with E-state index in [-0.39, 0.29) is 5.91 Å². The van der Waals surface area contributed by atoms with Crippen molar-refractivity contribution in [1.82, 2.24) is 25.2 Å². The van der Waals surface area contributed by atoms with E-state index in [2.05, 4.69) is 15.6 Å². The molecule has 0 saturated carbocycles. The SMILES string of the molecule is CN(Cc1ccco1)C(=O)c1cn(C2CNC2)nn1. The minimum absolute atomic E-state index is 0.157. The smallest absolute Gasteiger partial charge is 0.276 e. The molecule has 1 amide bonds. The lowest BCUT2D eigenvalue weighted by atomic mass is 10.2. The van der Waals surface area contributed by atoms with Gasteiger partial charge in [-0.3, -0.25) is 4.79 Å². The molecule has 19 heavy (non-hydrogen) atoms. The van der Waals surface area contributed by atoms with Crippen LogP contribution in [0.25, 0.3) is 0 Å². The maximum Gasteiger partial charge on any atom is 0.276 e. The molecule has 0 radical (unpaired) electrons. The number of hydrogen-bond acceptors (Lipinski definition) is 5. The average Bonchev–Trinajstić information content (AvgIpc) is 2.97. The molecule has 2 aromatic heterocycles. The summed E-state index contributed by atoms with van der Waals surface area (Å²) in [6.07, 6.45) is 3.29. The van der Waals surface area contributed by atoms with Gasteiger partial charge in [-0.2, -0.15) is 0 Å². The molecule has 0 spiro atoms. The van der Waals surface area contributed by atoms with Crippen molar-refractivity contribution < 1.29 is 9.21 Å². The van der Waals surface area contributed by atoms with Gasteiger partial charge in [0.05, 0.1) is 25.0 Å². The van der Waals surface area contributed by atoms with Crippen LogP contribution in [0.4, 0.5) is 0 Å². The lowest BCUT2D eigenvalue weighted by Gasteiger charge is -2.26. The van der Waals surface area contributed by atoms with E-state index < -0.39 is 0 Å². The first-order valence-electron chi connectivity index (χ1n) is 6.14. The fourth-order valence-electron chi connectivity index (χ4n) is 1.92. The van der Waals surface area contributed by atoms with Crippen LogP contribution in [0.2, 0.25) is 0 Å². The Labute approximate surface area is 110 Å². The van der Waals surface area contributed by atoms with E-state index in [9.17, 15) is 4.79 Å². The van der Waals surface area contributed by atoms with Crippen molar-refractivity contribution in [3.63, 3.8) is 0 Å². The van der Waals surface area contributed by atoms with E-state index in [1.165, 1.54) is 0 Å². The average molecular weight is 261 g/mol. The van der Waals surface area contributed by atoms with Gasteiger partial charge in [0.1, 0.15) is 5.76 Å². The molecule has 7 nitrogen and oxygen atoms in total. The molecule has 2 aromatic rings. The van der Waals surface area contributed by atoms with Crippen molar-refractivity contribution in [2.24, 2.45) is 0 Å². The zero-order chi connectivity index (χ0) is 13.2. The van der Waals surface area contributed by atoms with Crippen molar-refractivity contribution >= 4 is 5.91 Å². The summed E-state index contributed by atoms with van der Waals surface area (Å²) in [5.74, 6) is 0.585. The summed E-state index contributed by atoms with van der Waals surface area (Å²) in [4.78, 5) is 13.7. The number of nitrogens with one attached hydrogen (secondary N) is 1. The third-order valence-electron chi connectivity index (χ3n) is 3.18. The summed E-state index contributed by atoms with van der Waals surface area (Å²) < 4.78 is 6.96. The highest BCUT2D eigenvalue weighted by molar-refractivity contribution is 5.91. The molecule has 100 valence electrons. The summed E-state index contributed by atoms with van der Waals surface area (Å²) in [6, 6.07) is 3.94. The van der Waals surface area contributed by atoms with Crippen LogP contribution in [0.3, 0.4) is 0 Å². The van der Waals surface area contributed by atoms with E-state index in [1.807, 2.05) is 6.07 Å². The largest absolute Gasteiger partial charge is 0.467 e. The first-order chi connectivity index (χ1) is 9.24. The maximum absolute atomic E-state index is 12.2. The molecule has 0 aliphatic carbocycles. The zero-order valence-electron chi connectivity index (χ0n) is 10.6. The second kappa shape index (κ2) is 4.85. The fraction of sp³-hybridized carbons (Fsp3) is 0.417. The molecule has 3 rings (SSSR count). The van der Waals surface area contributed by atoms with Crippen molar-refractivity contribution in [2.45, 2.75) is 12.6 Å². The molecular formula is C12H15N5O2. The van der Waals surface area contributed by atoms with Gasteiger partial charge in [0, 0.05) is 20.1 Å². The van der Waals surface area contributed by atoms with Gasteiger partial charge < -0.3 is 14.6 Å². The third kappa shape index (κ3) is 2.37. The zero-order valence-corrected chi connectivity index (χ0v) is 10.6. The Bertz CT molecular complexity index is 558. The van der Waals surface area contributed by atoms with Gasteiger partial charge in [0.25, 0.3) is 5.91 Å². The lowest BCUT2D eigenvalue weighted by molar-refractivity contribution is 0.0769. The number of amides is 1. The van der Waals surface area contributed by atoms with Crippen molar-refractivity contribution in [3.8, 4) is 0 Å². The quantitative estimate of drug-likeness (QED) is 0.856. The molecule has 0 aromatic carbocycles. The van der Waals surface area contributed by atoms with E-state index >= 15 is 0 Å². The number of carbonyl (C=O) groups is 1. The second-order valence-electron chi connectivity index (χ2n) is 4.64. The molecule has 1 aliphatic rings. The summed E-state index contributed by atoms with van der Waals surface area (Å²) >= 11 is 0. The van der Waals surface area contributed by atoms with Crippen LogP contribution in [-0.2, 0) is 6.54 Å². The van der Waals surface area contributed by atoms with Crippen LogP contribution in [0.1, 0.15) is 22.3 Å². The fourth-order valence-corrected chi connectivity index (χ4v) is 1.92. The highest BCUT2D eigenvalue weighted by Gasteiger charge is 2.23. The predicted molar refractivity (Wildman–Crippen MR) is 66.4 cm³/mol. The van der Waals surface area contributed by atoms with E-state index in [0.29, 0.717) is 18.3 Å². The highest BCUT2D eigenvalue weighted by atomic mass is 16.3. The van der Waals surface area contributed by atoms with Crippen LogP contribution in [0.5, 0.6) is 0 Å². The third-order valence-corrected chi connectivity index (χ3v) is 3.18. The van der Waals surface area contributed by atoms with E-state index in [4.69, 9.17) is 4.42 Å². The van der Waals surface area contributed by atoms with Gasteiger partial charge in [0.15, 0.2) is 5.69 Å². The minimum Gasteiger partial charge on any atom is -0.467 e. The maximum atomic E-state index is 12.2. The second-order valence-corrected chi connectivity index (χ2v) is 4.64. The monoisotopic (exact) mass is 261 g/mol. The number of nitrogens with zero attached hydrogens (tertiary/aromatic N) is 4. The molecule has 0 unspecified atom stereocenters. The number of rotatable bonds is 4. The molecule has 0 atom stereocenters. The Morgan fingerprint density at radius 1 is 1.63 bits per heavy atom. The Morgan fingerprint density at radius 2 is 2.47 bits per heavy atom. The Morgan fingerprint density at radius 3 is 3.11 bits per heavy atom. The summed E-state index contributed by atoms with van der Waals surface area (Å²) in [5.41, 5.74) is 0.362. The molecule has 1 N–H and O–H groups in total. The Balaban J connectivity index is 1.67. The van der Waals surface area contributed by atoms with Crippen molar-refractivity contribution in [1.29, 1.82) is 0 Å². The molecule has 1 aliphatic heterocycles. The number of aromatic nitrogens is 3. The number of furan rings is 1. The molecule has 0 bridgehead atoms. The highest BCUT2D eigenvalue weighted by Crippen LogP contribution is 2.11. The molecule has 3 heterocycles. The van der Waals surface area contributed by atoms with Crippen molar-refractivity contribution in [3.05, 3.63) is 36.0 Å². The Kier molecular flexibility index (Phi) is 3.04. The van der Waals surface area contributed by atoms with Crippen LogP contribution in [0, 0.1) is 0 Å². The minimum atomic E-state index is -0.157. The normalized spacial score (nSPS) is 15.2. The van der Waals surface area contributed by atoms with Crippen LogP contribution in [0.15, 0.2) is 29.0 Å². The van der Waals surface area contributed by atoms with Crippen molar-refractivity contribution in [2.75, 3.05) is 20.1 Å². The molecular weight excluding hydrogens is 246 g/mol. The van der Waals surface area contributed by atoms with Gasteiger partial charge in [0.2, 0.25) is 0 Å². The predicted octanol–water partition coefficient (Wildman–Crippen LogP) is 0.288. The first-order valence-corrected chi connectivity index (χ1v) is 6.14. The van der Waals surface area contributed by atoms with Crippen LogP contribution in [-0.4, -0.2) is 45.9 Å². The molecule has 1 saturated heterocycles. The molecule has 7 heteroatoms. The van der Waals surface area contributed by atoms with Crippen LogP contribution >= 0.6 is 0 Å². The first kappa shape index (κ1) is 11.9. The summed E-state index contributed by atoms with van der Waals surface area (Å²) in [5, 5.41) is 11.1. The summed E-state index contributed by atoms with van der Waals surface area (Å²) in [6.45, 7) is 2.17. The van der Waals surface area contributed by atoms with Gasteiger partial charge in [-0.25, -0.2) is 4.68 Å². The van der Waals surface area contributed by atoms with Crippen LogP contribution < -0.4 is 5.32 Å². The lowest BCUT2D eigenvalue weighted by Crippen LogP contribution is -2.43. The van der Waals surface area contributed by atoms with E-state index in [0.717, 1.165) is 18.8 Å². The van der Waals surface area contributed by atoms with E-state index in [1.54, 1.807) is 35.2 Å². The number of carbonyl (C=O) groups excluding carboxylic acids is 1. The topological polar surface area (TPSA) is 76.2 Å².